The van der Waals surface area contributed by atoms with Gasteiger partial charge in [0.05, 0.1) is 6.61 Å². The summed E-state index contributed by atoms with van der Waals surface area (Å²) in [4.78, 5) is 16.2. The molecular weight excluding hydrogens is 342 g/mol. The molecule has 0 spiro atoms. The van der Waals surface area contributed by atoms with Gasteiger partial charge in [0.15, 0.2) is 0 Å². The second-order valence-electron chi connectivity index (χ2n) is 5.89. The Morgan fingerprint density at radius 3 is 3.00 bits per heavy atom. The summed E-state index contributed by atoms with van der Waals surface area (Å²) in [7, 11) is 0. The molecule has 1 heterocycles. The number of hydrogen-bond donors (Lipinski definition) is 1. The number of aromatic nitrogens is 1. The SMILES string of the molecule is C=CCC1(C(=O)OCC)CCc2c1[nH]c1c(C)ccc(Br)c21. The van der Waals surface area contributed by atoms with Crippen LogP contribution < -0.4 is 0 Å². The highest BCUT2D eigenvalue weighted by Gasteiger charge is 2.48. The molecule has 0 saturated heterocycles. The van der Waals surface area contributed by atoms with Gasteiger partial charge in [-0.2, -0.15) is 0 Å². The van der Waals surface area contributed by atoms with E-state index in [4.69, 9.17) is 4.74 Å². The molecule has 116 valence electrons. The van der Waals surface area contributed by atoms with Gasteiger partial charge in [0.2, 0.25) is 0 Å². The minimum absolute atomic E-state index is 0.144. The lowest BCUT2D eigenvalue weighted by Gasteiger charge is -2.25. The Morgan fingerprint density at radius 2 is 2.32 bits per heavy atom. The summed E-state index contributed by atoms with van der Waals surface area (Å²) in [5, 5.41) is 1.20. The van der Waals surface area contributed by atoms with Gasteiger partial charge in [-0.05, 0) is 50.3 Å². The Hall–Kier alpha value is -1.55. The topological polar surface area (TPSA) is 42.1 Å². The van der Waals surface area contributed by atoms with E-state index in [1.807, 2.05) is 13.0 Å². The third-order valence-electron chi connectivity index (χ3n) is 4.66. The van der Waals surface area contributed by atoms with E-state index in [-0.39, 0.29) is 5.97 Å². The van der Waals surface area contributed by atoms with Gasteiger partial charge in [0, 0.05) is 21.1 Å². The fraction of sp³-hybridized carbons (Fsp3) is 0.389. The van der Waals surface area contributed by atoms with E-state index in [0.717, 1.165) is 28.5 Å². The standard InChI is InChI=1S/C18H20BrNO2/c1-4-9-18(17(21)22-5-2)10-8-12-14-13(19)7-6-11(3)15(14)20-16(12)18/h4,6-7,20H,1,5,8-10H2,2-3H3. The van der Waals surface area contributed by atoms with E-state index in [2.05, 4.69) is 46.5 Å². The van der Waals surface area contributed by atoms with Crippen LogP contribution in [0.3, 0.4) is 0 Å². The normalized spacial score (nSPS) is 20.1. The first-order valence-electron chi connectivity index (χ1n) is 7.63. The van der Waals surface area contributed by atoms with Gasteiger partial charge in [-0.15, -0.1) is 6.58 Å². The molecule has 0 aliphatic heterocycles. The highest BCUT2D eigenvalue weighted by molar-refractivity contribution is 9.10. The first kappa shape index (κ1) is 15.3. The van der Waals surface area contributed by atoms with Crippen molar-refractivity contribution in [1.82, 2.24) is 4.98 Å². The van der Waals surface area contributed by atoms with Crippen molar-refractivity contribution >= 4 is 32.8 Å². The lowest BCUT2D eigenvalue weighted by molar-refractivity contribution is -0.150. The summed E-state index contributed by atoms with van der Waals surface area (Å²) in [6.07, 6.45) is 4.07. The van der Waals surface area contributed by atoms with Crippen molar-refractivity contribution in [3.8, 4) is 0 Å². The third kappa shape index (κ3) is 2.04. The minimum atomic E-state index is -0.613. The van der Waals surface area contributed by atoms with Crippen LogP contribution in [0, 0.1) is 6.92 Å². The molecule has 1 aliphatic rings. The highest BCUT2D eigenvalue weighted by atomic mass is 79.9. The van der Waals surface area contributed by atoms with Gasteiger partial charge in [-0.3, -0.25) is 4.79 Å². The third-order valence-corrected chi connectivity index (χ3v) is 5.32. The molecule has 0 fully saturated rings. The van der Waals surface area contributed by atoms with Crippen LogP contribution in [0.15, 0.2) is 29.3 Å². The maximum absolute atomic E-state index is 12.7. The molecule has 3 rings (SSSR count). The van der Waals surface area contributed by atoms with Gasteiger partial charge in [-0.1, -0.05) is 28.1 Å². The van der Waals surface area contributed by atoms with E-state index in [1.165, 1.54) is 16.5 Å². The Kier molecular flexibility index (Phi) is 3.89. The van der Waals surface area contributed by atoms with Crippen molar-refractivity contribution in [3.05, 3.63) is 46.1 Å². The van der Waals surface area contributed by atoms with Crippen LogP contribution in [0.2, 0.25) is 0 Å². The molecule has 4 heteroatoms. The predicted octanol–water partition coefficient (Wildman–Crippen LogP) is 4.56. The quantitative estimate of drug-likeness (QED) is 0.640. The lowest BCUT2D eigenvalue weighted by Crippen LogP contribution is -2.35. The summed E-state index contributed by atoms with van der Waals surface area (Å²) in [6, 6.07) is 4.15. The maximum atomic E-state index is 12.7. The van der Waals surface area contributed by atoms with Crippen molar-refractivity contribution in [2.24, 2.45) is 0 Å². The zero-order valence-electron chi connectivity index (χ0n) is 13.0. The fourth-order valence-electron chi connectivity index (χ4n) is 3.59. The summed E-state index contributed by atoms with van der Waals surface area (Å²) in [5.74, 6) is -0.144. The zero-order valence-corrected chi connectivity index (χ0v) is 14.5. The number of carbonyl (C=O) groups is 1. The number of benzene rings is 1. The smallest absolute Gasteiger partial charge is 0.318 e. The zero-order chi connectivity index (χ0) is 15.9. The average Bonchev–Trinajstić information content (AvgIpc) is 3.03. The molecule has 0 bridgehead atoms. The number of H-pyrrole nitrogens is 1. The molecule has 0 radical (unpaired) electrons. The molecular formula is C18H20BrNO2. The molecule has 1 unspecified atom stereocenters. The molecule has 22 heavy (non-hydrogen) atoms. The fourth-order valence-corrected chi connectivity index (χ4v) is 4.16. The number of carbonyl (C=O) groups excluding carboxylic acids is 1. The second kappa shape index (κ2) is 5.58. The molecule has 1 aliphatic carbocycles. The molecule has 0 saturated carbocycles. The Labute approximate surface area is 138 Å². The van der Waals surface area contributed by atoms with E-state index in [0.29, 0.717) is 13.0 Å². The number of aryl methyl sites for hydroxylation is 2. The summed E-state index contributed by atoms with van der Waals surface area (Å²) >= 11 is 3.65. The average molecular weight is 362 g/mol. The van der Waals surface area contributed by atoms with E-state index in [9.17, 15) is 4.79 Å². The van der Waals surface area contributed by atoms with Crippen LogP contribution in [-0.2, 0) is 21.4 Å². The number of fused-ring (bicyclic) bond motifs is 3. The number of halogens is 1. The second-order valence-corrected chi connectivity index (χ2v) is 6.74. The van der Waals surface area contributed by atoms with Gasteiger partial charge in [0.1, 0.15) is 5.41 Å². The Balaban J connectivity index is 2.25. The number of nitrogens with one attached hydrogen (secondary N) is 1. The van der Waals surface area contributed by atoms with Crippen LogP contribution in [-0.4, -0.2) is 17.6 Å². The first-order chi connectivity index (χ1) is 10.5. The largest absolute Gasteiger partial charge is 0.465 e. The van der Waals surface area contributed by atoms with E-state index >= 15 is 0 Å². The monoisotopic (exact) mass is 361 g/mol. The van der Waals surface area contributed by atoms with Crippen molar-refractivity contribution in [2.75, 3.05) is 6.61 Å². The molecule has 3 nitrogen and oxygen atoms in total. The first-order valence-corrected chi connectivity index (χ1v) is 8.42. The number of aromatic amines is 1. The molecule has 1 aromatic heterocycles. The molecule has 1 atom stereocenters. The van der Waals surface area contributed by atoms with Crippen molar-refractivity contribution < 1.29 is 9.53 Å². The highest BCUT2D eigenvalue weighted by Crippen LogP contribution is 2.47. The van der Waals surface area contributed by atoms with Crippen LogP contribution in [0.4, 0.5) is 0 Å². The number of rotatable bonds is 4. The van der Waals surface area contributed by atoms with Crippen LogP contribution in [0.5, 0.6) is 0 Å². The van der Waals surface area contributed by atoms with Crippen molar-refractivity contribution in [3.63, 3.8) is 0 Å². The molecule has 2 aromatic rings. The van der Waals surface area contributed by atoms with Gasteiger partial charge in [-0.25, -0.2) is 0 Å². The lowest BCUT2D eigenvalue weighted by atomic mass is 9.82. The summed E-state index contributed by atoms with van der Waals surface area (Å²) in [6.45, 7) is 8.17. The predicted molar refractivity (Wildman–Crippen MR) is 92.2 cm³/mol. The van der Waals surface area contributed by atoms with E-state index in [1.54, 1.807) is 0 Å². The van der Waals surface area contributed by atoms with Gasteiger partial charge in [0.25, 0.3) is 0 Å². The van der Waals surface area contributed by atoms with Crippen LogP contribution >= 0.6 is 15.9 Å². The minimum Gasteiger partial charge on any atom is -0.465 e. The number of hydrogen-bond acceptors (Lipinski definition) is 2. The number of esters is 1. The van der Waals surface area contributed by atoms with Gasteiger partial charge >= 0.3 is 5.97 Å². The van der Waals surface area contributed by atoms with Crippen LogP contribution in [0.1, 0.15) is 36.6 Å². The summed E-state index contributed by atoms with van der Waals surface area (Å²) < 4.78 is 6.45. The number of ether oxygens (including phenoxy) is 1. The number of allylic oxidation sites excluding steroid dienone is 1. The van der Waals surface area contributed by atoms with Gasteiger partial charge < -0.3 is 9.72 Å². The Morgan fingerprint density at radius 1 is 1.55 bits per heavy atom. The Bertz CT molecular complexity index is 762. The van der Waals surface area contributed by atoms with Crippen LogP contribution in [0.25, 0.3) is 10.9 Å². The van der Waals surface area contributed by atoms with Crippen molar-refractivity contribution in [1.29, 1.82) is 0 Å². The van der Waals surface area contributed by atoms with E-state index < -0.39 is 5.41 Å². The van der Waals surface area contributed by atoms with Crippen molar-refractivity contribution in [2.45, 2.75) is 38.5 Å². The molecule has 0 amide bonds. The summed E-state index contributed by atoms with van der Waals surface area (Å²) in [5.41, 5.74) is 3.93. The maximum Gasteiger partial charge on any atom is 0.318 e. The molecule has 1 aromatic carbocycles. The molecule has 1 N–H and O–H groups in total.